The molecule has 3 rings (SSSR count). The van der Waals surface area contributed by atoms with Crippen LogP contribution in [0.1, 0.15) is 62.6 Å². The van der Waals surface area contributed by atoms with Crippen molar-refractivity contribution in [2.24, 2.45) is 0 Å². The standard InChI is InChI=1S/C14H22N2OS/c1-3-10-8-7-9(2)16(10)14-15-13-11(17)5-4-6-12(13)18-14/h9-11,17H,3-8H2,1-2H3. The van der Waals surface area contributed by atoms with Gasteiger partial charge in [0, 0.05) is 17.0 Å². The maximum atomic E-state index is 10.0. The van der Waals surface area contributed by atoms with Crippen molar-refractivity contribution in [2.75, 3.05) is 4.90 Å². The van der Waals surface area contributed by atoms with Crippen LogP contribution in [0.3, 0.4) is 0 Å². The first-order valence-electron chi connectivity index (χ1n) is 7.16. The number of rotatable bonds is 2. The molecule has 3 nitrogen and oxygen atoms in total. The van der Waals surface area contributed by atoms with Crippen LogP contribution in [-0.4, -0.2) is 22.2 Å². The third-order valence-electron chi connectivity index (χ3n) is 4.39. The fraction of sp³-hybridized carbons (Fsp3) is 0.786. The van der Waals surface area contributed by atoms with E-state index >= 15 is 0 Å². The molecule has 1 aliphatic carbocycles. The average molecular weight is 266 g/mol. The molecule has 100 valence electrons. The average Bonchev–Trinajstić information content (AvgIpc) is 2.92. The second-order valence-corrected chi connectivity index (χ2v) is 6.67. The summed E-state index contributed by atoms with van der Waals surface area (Å²) in [5, 5.41) is 11.2. The molecule has 1 saturated heterocycles. The second-order valence-electron chi connectivity index (χ2n) is 5.61. The van der Waals surface area contributed by atoms with E-state index in [1.165, 1.54) is 24.1 Å². The molecular formula is C14H22N2OS. The lowest BCUT2D eigenvalue weighted by Gasteiger charge is -2.27. The quantitative estimate of drug-likeness (QED) is 0.892. The van der Waals surface area contributed by atoms with Crippen LogP contribution < -0.4 is 4.90 Å². The Hall–Kier alpha value is -0.610. The highest BCUT2D eigenvalue weighted by Crippen LogP contribution is 2.40. The number of aliphatic hydroxyl groups excluding tert-OH is 1. The van der Waals surface area contributed by atoms with E-state index in [0.29, 0.717) is 12.1 Å². The zero-order valence-corrected chi connectivity index (χ0v) is 12.0. The molecule has 1 fully saturated rings. The van der Waals surface area contributed by atoms with Gasteiger partial charge in [0.05, 0.1) is 11.8 Å². The summed E-state index contributed by atoms with van der Waals surface area (Å²) in [6.07, 6.45) is 6.50. The highest BCUT2D eigenvalue weighted by molar-refractivity contribution is 7.15. The van der Waals surface area contributed by atoms with Crippen LogP contribution in [0.25, 0.3) is 0 Å². The molecule has 0 bridgehead atoms. The van der Waals surface area contributed by atoms with E-state index in [1.807, 2.05) is 11.3 Å². The summed E-state index contributed by atoms with van der Waals surface area (Å²) >= 11 is 1.81. The third kappa shape index (κ3) is 1.95. The molecular weight excluding hydrogens is 244 g/mol. The largest absolute Gasteiger partial charge is 0.387 e. The summed E-state index contributed by atoms with van der Waals surface area (Å²) in [5.74, 6) is 0. The van der Waals surface area contributed by atoms with Crippen LogP contribution in [0.2, 0.25) is 0 Å². The van der Waals surface area contributed by atoms with Crippen molar-refractivity contribution in [1.82, 2.24) is 4.98 Å². The summed E-state index contributed by atoms with van der Waals surface area (Å²) in [5.41, 5.74) is 0.968. The maximum absolute atomic E-state index is 10.0. The lowest BCUT2D eigenvalue weighted by Crippen LogP contribution is -2.33. The topological polar surface area (TPSA) is 36.4 Å². The highest BCUT2D eigenvalue weighted by atomic mass is 32.1. The second kappa shape index (κ2) is 4.82. The minimum absolute atomic E-state index is 0.322. The number of hydrogen-bond acceptors (Lipinski definition) is 4. The minimum Gasteiger partial charge on any atom is -0.387 e. The van der Waals surface area contributed by atoms with Crippen molar-refractivity contribution in [3.05, 3.63) is 10.6 Å². The van der Waals surface area contributed by atoms with Crippen LogP contribution in [0.5, 0.6) is 0 Å². The Morgan fingerprint density at radius 1 is 1.39 bits per heavy atom. The number of aryl methyl sites for hydroxylation is 1. The van der Waals surface area contributed by atoms with Gasteiger partial charge < -0.3 is 10.0 Å². The van der Waals surface area contributed by atoms with Crippen molar-refractivity contribution < 1.29 is 5.11 Å². The fourth-order valence-corrected chi connectivity index (χ4v) is 4.64. The first-order valence-corrected chi connectivity index (χ1v) is 7.98. The summed E-state index contributed by atoms with van der Waals surface area (Å²) in [6.45, 7) is 4.56. The summed E-state index contributed by atoms with van der Waals surface area (Å²) < 4.78 is 0. The van der Waals surface area contributed by atoms with Crippen molar-refractivity contribution in [2.45, 2.75) is 70.6 Å². The normalized spacial score (nSPS) is 31.7. The number of aromatic nitrogens is 1. The number of anilines is 1. The lowest BCUT2D eigenvalue weighted by molar-refractivity contribution is 0.153. The molecule has 1 aromatic heterocycles. The predicted molar refractivity (Wildman–Crippen MR) is 75.3 cm³/mol. The summed E-state index contributed by atoms with van der Waals surface area (Å²) in [4.78, 5) is 8.57. The van der Waals surface area contributed by atoms with E-state index in [-0.39, 0.29) is 6.10 Å². The lowest BCUT2D eigenvalue weighted by atomic mass is 10.0. The van der Waals surface area contributed by atoms with Gasteiger partial charge in [-0.05, 0) is 45.4 Å². The van der Waals surface area contributed by atoms with E-state index in [2.05, 4.69) is 18.7 Å². The molecule has 0 aromatic carbocycles. The molecule has 2 aliphatic rings. The smallest absolute Gasteiger partial charge is 0.186 e. The maximum Gasteiger partial charge on any atom is 0.186 e. The van der Waals surface area contributed by atoms with E-state index < -0.39 is 0 Å². The molecule has 0 spiro atoms. The van der Waals surface area contributed by atoms with Gasteiger partial charge in [0.1, 0.15) is 0 Å². The first kappa shape index (κ1) is 12.4. The number of hydrogen-bond donors (Lipinski definition) is 1. The molecule has 1 aliphatic heterocycles. The van der Waals surface area contributed by atoms with E-state index in [0.717, 1.165) is 30.1 Å². The number of fused-ring (bicyclic) bond motifs is 1. The van der Waals surface area contributed by atoms with E-state index in [4.69, 9.17) is 4.98 Å². The Kier molecular flexibility index (Phi) is 3.32. The monoisotopic (exact) mass is 266 g/mol. The third-order valence-corrected chi connectivity index (χ3v) is 5.54. The van der Waals surface area contributed by atoms with Crippen LogP contribution in [-0.2, 0) is 6.42 Å². The van der Waals surface area contributed by atoms with Crippen molar-refractivity contribution in [3.8, 4) is 0 Å². The Balaban J connectivity index is 1.92. The van der Waals surface area contributed by atoms with Crippen LogP contribution >= 0.6 is 11.3 Å². The minimum atomic E-state index is -0.322. The molecule has 18 heavy (non-hydrogen) atoms. The van der Waals surface area contributed by atoms with Gasteiger partial charge in [-0.15, -0.1) is 11.3 Å². The Labute approximate surface area is 113 Å². The molecule has 0 radical (unpaired) electrons. The zero-order chi connectivity index (χ0) is 12.7. The van der Waals surface area contributed by atoms with Gasteiger partial charge in [-0.1, -0.05) is 6.92 Å². The SMILES string of the molecule is CCC1CCC(C)N1c1nc2c(s1)CCCC2O. The van der Waals surface area contributed by atoms with Gasteiger partial charge in [-0.25, -0.2) is 4.98 Å². The van der Waals surface area contributed by atoms with Gasteiger partial charge >= 0.3 is 0 Å². The summed E-state index contributed by atoms with van der Waals surface area (Å²) in [6, 6.07) is 1.24. The Morgan fingerprint density at radius 3 is 2.94 bits per heavy atom. The molecule has 1 N–H and O–H groups in total. The van der Waals surface area contributed by atoms with E-state index in [1.54, 1.807) is 0 Å². The van der Waals surface area contributed by atoms with Gasteiger partial charge in [-0.2, -0.15) is 0 Å². The molecule has 3 atom stereocenters. The number of nitrogens with zero attached hydrogens (tertiary/aromatic N) is 2. The number of aliphatic hydroxyl groups is 1. The zero-order valence-electron chi connectivity index (χ0n) is 11.2. The highest BCUT2D eigenvalue weighted by Gasteiger charge is 2.33. The van der Waals surface area contributed by atoms with Crippen LogP contribution in [0, 0.1) is 0 Å². The van der Waals surface area contributed by atoms with Crippen LogP contribution in [0.4, 0.5) is 5.13 Å². The van der Waals surface area contributed by atoms with Crippen LogP contribution in [0.15, 0.2) is 0 Å². The molecule has 1 aromatic rings. The fourth-order valence-electron chi connectivity index (χ4n) is 3.31. The van der Waals surface area contributed by atoms with Gasteiger partial charge in [0.25, 0.3) is 0 Å². The van der Waals surface area contributed by atoms with Crippen molar-refractivity contribution >= 4 is 16.5 Å². The first-order chi connectivity index (χ1) is 8.70. The molecule has 2 heterocycles. The van der Waals surface area contributed by atoms with Gasteiger partial charge in [-0.3, -0.25) is 0 Å². The molecule has 3 unspecified atom stereocenters. The van der Waals surface area contributed by atoms with Crippen molar-refractivity contribution in [1.29, 1.82) is 0 Å². The Bertz CT molecular complexity index is 431. The predicted octanol–water partition coefficient (Wildman–Crippen LogP) is 3.28. The van der Waals surface area contributed by atoms with Gasteiger partial charge in [0.15, 0.2) is 5.13 Å². The van der Waals surface area contributed by atoms with Gasteiger partial charge in [0.2, 0.25) is 0 Å². The number of thiazole rings is 1. The Morgan fingerprint density at radius 2 is 2.22 bits per heavy atom. The molecule has 4 heteroatoms. The van der Waals surface area contributed by atoms with Crippen molar-refractivity contribution in [3.63, 3.8) is 0 Å². The summed E-state index contributed by atoms with van der Waals surface area (Å²) in [7, 11) is 0. The molecule has 0 saturated carbocycles. The van der Waals surface area contributed by atoms with E-state index in [9.17, 15) is 5.11 Å². The molecule has 0 amide bonds.